The number of halogens is 5. The Kier molecular flexibility index (Phi) is 3.11. The quantitative estimate of drug-likeness (QED) is 0.567. The summed E-state index contributed by atoms with van der Waals surface area (Å²) >= 11 is 10.5. The molecule has 1 aromatic carbocycles. The summed E-state index contributed by atoms with van der Waals surface area (Å²) in [5, 5.41) is 9.05. The van der Waals surface area contributed by atoms with Crippen molar-refractivity contribution < 1.29 is 18.1 Å². The summed E-state index contributed by atoms with van der Waals surface area (Å²) in [7, 11) is 0. The molecule has 0 fully saturated rings. The van der Waals surface area contributed by atoms with Gasteiger partial charge in [0.15, 0.2) is 5.56 Å². The third-order valence-corrected chi connectivity index (χ3v) is 2.16. The molecule has 82 valence electrons. The highest BCUT2D eigenvalue weighted by Crippen LogP contribution is 2.43. The normalized spacial score (nSPS) is 11.5. The van der Waals surface area contributed by atoms with Crippen molar-refractivity contribution in [3.05, 3.63) is 37.9 Å². The van der Waals surface area contributed by atoms with Crippen molar-refractivity contribution >= 4 is 28.9 Å². The summed E-state index contributed by atoms with van der Waals surface area (Å²) in [5.74, 6) is 0. The second-order valence-corrected chi connectivity index (χ2v) is 3.32. The molecule has 0 aliphatic carbocycles. The van der Waals surface area contributed by atoms with Crippen LogP contribution in [0.15, 0.2) is 12.1 Å². The SMILES string of the molecule is O=[N+]([O-])c1c(Cl)ccc(Cl)c1C(F)(F)F. The number of nitro benzene ring substituents is 1. The van der Waals surface area contributed by atoms with Crippen molar-refractivity contribution in [1.29, 1.82) is 0 Å². The van der Waals surface area contributed by atoms with E-state index < -0.39 is 32.4 Å². The van der Waals surface area contributed by atoms with Crippen molar-refractivity contribution in [3.8, 4) is 0 Å². The molecule has 8 heteroatoms. The molecule has 0 radical (unpaired) electrons. The number of rotatable bonds is 1. The van der Waals surface area contributed by atoms with Gasteiger partial charge in [0.1, 0.15) is 5.02 Å². The summed E-state index contributed by atoms with van der Waals surface area (Å²) in [5.41, 5.74) is -2.75. The molecular weight excluding hydrogens is 258 g/mol. The van der Waals surface area contributed by atoms with Crippen LogP contribution in [0.1, 0.15) is 5.56 Å². The first kappa shape index (κ1) is 12.1. The maximum atomic E-state index is 12.4. The fourth-order valence-electron chi connectivity index (χ4n) is 0.989. The van der Waals surface area contributed by atoms with Crippen molar-refractivity contribution in [3.63, 3.8) is 0 Å². The molecule has 1 rings (SSSR count). The average Bonchev–Trinajstić information content (AvgIpc) is 2.05. The van der Waals surface area contributed by atoms with Crippen LogP contribution in [0, 0.1) is 10.1 Å². The van der Waals surface area contributed by atoms with Crippen molar-refractivity contribution in [2.45, 2.75) is 6.18 Å². The van der Waals surface area contributed by atoms with Crippen LogP contribution in [0.25, 0.3) is 0 Å². The molecule has 15 heavy (non-hydrogen) atoms. The number of nitrogens with zero attached hydrogens (tertiary/aromatic N) is 1. The molecule has 0 spiro atoms. The molecule has 0 aliphatic heterocycles. The second-order valence-electron chi connectivity index (χ2n) is 2.51. The fourth-order valence-corrected chi connectivity index (χ4v) is 1.48. The lowest BCUT2D eigenvalue weighted by molar-refractivity contribution is -0.387. The van der Waals surface area contributed by atoms with Crippen LogP contribution >= 0.6 is 23.2 Å². The lowest BCUT2D eigenvalue weighted by Gasteiger charge is -2.09. The molecule has 0 unspecified atom stereocenters. The van der Waals surface area contributed by atoms with Crippen LogP contribution in [0.2, 0.25) is 10.0 Å². The number of benzene rings is 1. The van der Waals surface area contributed by atoms with Gasteiger partial charge in [0.25, 0.3) is 0 Å². The molecular formula is C7H2Cl2F3NO2. The molecule has 3 nitrogen and oxygen atoms in total. The van der Waals surface area contributed by atoms with Crippen LogP contribution in [-0.4, -0.2) is 4.92 Å². The average molecular weight is 260 g/mol. The van der Waals surface area contributed by atoms with E-state index in [1.54, 1.807) is 0 Å². The largest absolute Gasteiger partial charge is 0.424 e. The van der Waals surface area contributed by atoms with E-state index in [-0.39, 0.29) is 0 Å². The lowest BCUT2D eigenvalue weighted by atomic mass is 10.1. The van der Waals surface area contributed by atoms with Gasteiger partial charge in [-0.15, -0.1) is 0 Å². The molecule has 1 aromatic rings. The first-order chi connectivity index (χ1) is 6.75. The van der Waals surface area contributed by atoms with Gasteiger partial charge in [-0.2, -0.15) is 13.2 Å². The third kappa shape index (κ3) is 2.32. The topological polar surface area (TPSA) is 43.1 Å². The van der Waals surface area contributed by atoms with E-state index in [9.17, 15) is 23.3 Å². The molecule has 0 aromatic heterocycles. The zero-order valence-electron chi connectivity index (χ0n) is 6.81. The minimum Gasteiger partial charge on any atom is -0.258 e. The monoisotopic (exact) mass is 259 g/mol. The molecule has 0 N–H and O–H groups in total. The second kappa shape index (κ2) is 3.86. The summed E-state index contributed by atoms with van der Waals surface area (Å²) in [6, 6.07) is 1.80. The van der Waals surface area contributed by atoms with Gasteiger partial charge in [0.05, 0.1) is 9.95 Å². The van der Waals surface area contributed by atoms with Crippen molar-refractivity contribution in [2.75, 3.05) is 0 Å². The molecule has 0 heterocycles. The first-order valence-electron chi connectivity index (χ1n) is 3.44. The number of hydrogen-bond donors (Lipinski definition) is 0. The zero-order valence-corrected chi connectivity index (χ0v) is 8.32. The van der Waals surface area contributed by atoms with E-state index in [0.29, 0.717) is 0 Å². The first-order valence-corrected chi connectivity index (χ1v) is 4.20. The summed E-state index contributed by atoms with van der Waals surface area (Å²) in [6.45, 7) is 0. The van der Waals surface area contributed by atoms with E-state index in [1.807, 2.05) is 0 Å². The number of nitro groups is 1. The van der Waals surface area contributed by atoms with Crippen LogP contribution in [0.4, 0.5) is 18.9 Å². The van der Waals surface area contributed by atoms with Crippen LogP contribution in [0.5, 0.6) is 0 Å². The van der Waals surface area contributed by atoms with Crippen LogP contribution in [-0.2, 0) is 6.18 Å². The Morgan fingerprint density at radius 1 is 1.20 bits per heavy atom. The predicted octanol–water partition coefficient (Wildman–Crippen LogP) is 3.92. The predicted molar refractivity (Wildman–Crippen MR) is 48.1 cm³/mol. The fraction of sp³-hybridized carbons (Fsp3) is 0.143. The molecule has 0 amide bonds. The maximum absolute atomic E-state index is 12.4. The maximum Gasteiger partial charge on any atom is 0.424 e. The van der Waals surface area contributed by atoms with E-state index in [4.69, 9.17) is 23.2 Å². The Labute approximate surface area is 91.6 Å². The van der Waals surface area contributed by atoms with Crippen molar-refractivity contribution in [1.82, 2.24) is 0 Å². The van der Waals surface area contributed by atoms with Crippen molar-refractivity contribution in [2.24, 2.45) is 0 Å². The van der Waals surface area contributed by atoms with Crippen LogP contribution in [0.3, 0.4) is 0 Å². The highest BCUT2D eigenvalue weighted by Gasteiger charge is 2.42. The van der Waals surface area contributed by atoms with E-state index in [2.05, 4.69) is 0 Å². The summed E-state index contributed by atoms with van der Waals surface area (Å²) in [6.07, 6.45) is -4.91. The van der Waals surface area contributed by atoms with Gasteiger partial charge < -0.3 is 0 Å². The number of hydrogen-bond acceptors (Lipinski definition) is 2. The minimum absolute atomic E-state index is 0.600. The summed E-state index contributed by atoms with van der Waals surface area (Å²) < 4.78 is 37.2. The molecule has 0 saturated carbocycles. The highest BCUT2D eigenvalue weighted by atomic mass is 35.5. The lowest BCUT2D eigenvalue weighted by Crippen LogP contribution is -2.10. The Balaban J connectivity index is 3.60. The van der Waals surface area contributed by atoms with Gasteiger partial charge in [-0.1, -0.05) is 23.2 Å². The molecule has 0 saturated heterocycles. The Hall–Kier alpha value is -1.01. The Bertz CT molecular complexity index is 419. The third-order valence-electron chi connectivity index (χ3n) is 1.54. The standard InChI is InChI=1S/C7H2Cl2F3NO2/c8-3-1-2-4(9)6(13(14)15)5(3)7(10,11)12/h1-2H. The molecule has 0 aliphatic rings. The van der Waals surface area contributed by atoms with Gasteiger partial charge >= 0.3 is 11.9 Å². The Morgan fingerprint density at radius 3 is 2.00 bits per heavy atom. The minimum atomic E-state index is -4.91. The van der Waals surface area contributed by atoms with Gasteiger partial charge in [-0.25, -0.2) is 0 Å². The van der Waals surface area contributed by atoms with Gasteiger partial charge in [0, 0.05) is 0 Å². The smallest absolute Gasteiger partial charge is 0.258 e. The Morgan fingerprint density at radius 2 is 1.67 bits per heavy atom. The summed E-state index contributed by atoms with van der Waals surface area (Å²) in [4.78, 5) is 9.19. The van der Waals surface area contributed by atoms with Gasteiger partial charge in [-0.3, -0.25) is 10.1 Å². The number of alkyl halides is 3. The zero-order chi connectivity index (χ0) is 11.8. The van der Waals surface area contributed by atoms with E-state index in [1.165, 1.54) is 0 Å². The highest BCUT2D eigenvalue weighted by molar-refractivity contribution is 6.35. The molecule has 0 bridgehead atoms. The van der Waals surface area contributed by atoms with Gasteiger partial charge in [0.2, 0.25) is 0 Å². The molecule has 0 atom stereocenters. The van der Waals surface area contributed by atoms with E-state index in [0.717, 1.165) is 12.1 Å². The van der Waals surface area contributed by atoms with Gasteiger partial charge in [-0.05, 0) is 12.1 Å². The van der Waals surface area contributed by atoms with E-state index >= 15 is 0 Å². The van der Waals surface area contributed by atoms with Crippen LogP contribution < -0.4 is 0 Å².